The summed E-state index contributed by atoms with van der Waals surface area (Å²) in [5.41, 5.74) is 8.16. The van der Waals surface area contributed by atoms with E-state index in [1.165, 1.54) is 11.6 Å². The predicted octanol–water partition coefficient (Wildman–Crippen LogP) is 4.94. The predicted molar refractivity (Wildman–Crippen MR) is 130 cm³/mol. The molecule has 33 heavy (non-hydrogen) atoms. The number of aryl methyl sites for hydroxylation is 1. The number of halogens is 1. The summed E-state index contributed by atoms with van der Waals surface area (Å²) in [4.78, 5) is 7.25. The molecule has 6 nitrogen and oxygen atoms in total. The zero-order chi connectivity index (χ0) is 23.5. The minimum Gasteiger partial charge on any atom is -0.394 e. The van der Waals surface area contributed by atoms with Crippen molar-refractivity contribution in [1.29, 1.82) is 0 Å². The molecule has 7 heteroatoms. The molecule has 0 unspecified atom stereocenters. The average Bonchev–Trinajstić information content (AvgIpc) is 3.23. The molecule has 0 aliphatic carbocycles. The van der Waals surface area contributed by atoms with Gasteiger partial charge < -0.3 is 9.74 Å². The van der Waals surface area contributed by atoms with E-state index in [9.17, 15) is 4.39 Å². The normalized spacial score (nSPS) is 11.2. The molecule has 0 bridgehead atoms. The van der Waals surface area contributed by atoms with Gasteiger partial charge in [0.1, 0.15) is 5.82 Å². The van der Waals surface area contributed by atoms with Gasteiger partial charge in [0.05, 0.1) is 17.4 Å². The van der Waals surface area contributed by atoms with Crippen LogP contribution in [0.5, 0.6) is 5.75 Å². The lowest BCUT2D eigenvalue weighted by atomic mass is 10.1. The summed E-state index contributed by atoms with van der Waals surface area (Å²) in [5.74, 6) is 0.0674. The van der Waals surface area contributed by atoms with Crippen LogP contribution >= 0.6 is 0 Å². The van der Waals surface area contributed by atoms with Crippen LogP contribution < -0.4 is 10.4 Å². The Bertz CT molecular complexity index is 1280. The molecule has 1 heterocycles. The van der Waals surface area contributed by atoms with E-state index in [0.717, 1.165) is 27.9 Å². The smallest absolute Gasteiger partial charge is 0.151 e. The Morgan fingerprint density at radius 3 is 2.55 bits per heavy atom. The number of hydrogen-bond donors (Lipinski definition) is 1. The molecular weight excluding hydrogens is 417 g/mol. The molecule has 1 N–H and O–H groups in total. The standard InChI is InChI=1S/C26H28FN5O/c1-18-9-12-21(13-10-18)32-26-8-6-7-23(24(26)16-28-32)19(2)31(5)17-20-11-14-22(15-25(20)27)33-29-30(3)4/h6-16,29H,2,17H2,1,3-5H3. The second-order valence-corrected chi connectivity index (χ2v) is 8.27. The van der Waals surface area contributed by atoms with Crippen LogP contribution in [-0.2, 0) is 6.54 Å². The number of hydrazine groups is 1. The molecule has 0 saturated heterocycles. The molecule has 3 aromatic carbocycles. The molecule has 0 amide bonds. The highest BCUT2D eigenvalue weighted by molar-refractivity contribution is 5.91. The SMILES string of the molecule is C=C(c1cccc2c1cnn2-c1ccc(C)cc1)N(C)Cc1ccc(ONN(C)C)cc1F. The van der Waals surface area contributed by atoms with Gasteiger partial charge in [0, 0.05) is 56.0 Å². The molecule has 0 fully saturated rings. The van der Waals surface area contributed by atoms with Crippen LogP contribution in [-0.4, -0.2) is 40.8 Å². The van der Waals surface area contributed by atoms with Crippen molar-refractivity contribution in [1.82, 2.24) is 25.3 Å². The highest BCUT2D eigenvalue weighted by Crippen LogP contribution is 2.29. The van der Waals surface area contributed by atoms with E-state index in [1.54, 1.807) is 31.2 Å². The van der Waals surface area contributed by atoms with Crippen molar-refractivity contribution in [2.45, 2.75) is 13.5 Å². The van der Waals surface area contributed by atoms with Crippen molar-refractivity contribution in [3.05, 3.63) is 95.9 Å². The summed E-state index contributed by atoms with van der Waals surface area (Å²) in [5, 5.41) is 7.23. The summed E-state index contributed by atoms with van der Waals surface area (Å²) in [6.07, 6.45) is 1.86. The molecular formula is C26H28FN5O. The summed E-state index contributed by atoms with van der Waals surface area (Å²) >= 11 is 0. The molecule has 4 aromatic rings. The number of rotatable bonds is 8. The lowest BCUT2D eigenvalue weighted by molar-refractivity contribution is 0.0430. The van der Waals surface area contributed by atoms with Crippen LogP contribution in [0.4, 0.5) is 4.39 Å². The maximum atomic E-state index is 14.7. The molecule has 4 rings (SSSR count). The quantitative estimate of drug-likeness (QED) is 0.390. The maximum absolute atomic E-state index is 14.7. The van der Waals surface area contributed by atoms with Crippen molar-refractivity contribution < 1.29 is 9.23 Å². The van der Waals surface area contributed by atoms with E-state index in [4.69, 9.17) is 4.84 Å². The fourth-order valence-corrected chi connectivity index (χ4v) is 3.61. The first-order chi connectivity index (χ1) is 15.8. The Balaban J connectivity index is 1.55. The Morgan fingerprint density at radius 1 is 1.09 bits per heavy atom. The fraction of sp³-hybridized carbons (Fsp3) is 0.192. The molecule has 170 valence electrons. The van der Waals surface area contributed by atoms with Crippen molar-refractivity contribution in [3.63, 3.8) is 0 Å². The Labute approximate surface area is 193 Å². The first-order valence-corrected chi connectivity index (χ1v) is 10.7. The molecule has 1 aromatic heterocycles. The summed E-state index contributed by atoms with van der Waals surface area (Å²) in [6.45, 7) is 6.72. The van der Waals surface area contributed by atoms with Crippen molar-refractivity contribution >= 4 is 16.6 Å². The van der Waals surface area contributed by atoms with E-state index >= 15 is 0 Å². The van der Waals surface area contributed by atoms with Gasteiger partial charge in [0.25, 0.3) is 0 Å². The summed E-state index contributed by atoms with van der Waals surface area (Å²) in [7, 11) is 5.48. The lowest BCUT2D eigenvalue weighted by Gasteiger charge is -2.23. The highest BCUT2D eigenvalue weighted by Gasteiger charge is 2.15. The Kier molecular flexibility index (Phi) is 6.44. The van der Waals surface area contributed by atoms with Crippen LogP contribution in [0.3, 0.4) is 0 Å². The van der Waals surface area contributed by atoms with E-state index in [1.807, 2.05) is 41.0 Å². The Hall–Kier alpha value is -3.68. The van der Waals surface area contributed by atoms with Gasteiger partial charge in [-0.25, -0.2) is 14.1 Å². The number of hydrogen-bond acceptors (Lipinski definition) is 5. The fourth-order valence-electron chi connectivity index (χ4n) is 3.61. The van der Waals surface area contributed by atoms with Crippen LogP contribution in [0, 0.1) is 12.7 Å². The minimum absolute atomic E-state index is 0.335. The largest absolute Gasteiger partial charge is 0.394 e. The van der Waals surface area contributed by atoms with Crippen LogP contribution in [0.25, 0.3) is 22.3 Å². The Morgan fingerprint density at radius 2 is 1.85 bits per heavy atom. The third kappa shape index (κ3) is 4.89. The second kappa shape index (κ2) is 9.44. The molecule has 0 saturated carbocycles. The van der Waals surface area contributed by atoms with E-state index in [0.29, 0.717) is 17.9 Å². The molecule has 0 spiro atoms. The van der Waals surface area contributed by atoms with E-state index < -0.39 is 0 Å². The number of nitrogens with one attached hydrogen (secondary N) is 1. The van der Waals surface area contributed by atoms with Gasteiger partial charge in [-0.3, -0.25) is 0 Å². The topological polar surface area (TPSA) is 45.6 Å². The van der Waals surface area contributed by atoms with Crippen LogP contribution in [0.2, 0.25) is 0 Å². The van der Waals surface area contributed by atoms with Gasteiger partial charge >= 0.3 is 0 Å². The van der Waals surface area contributed by atoms with Gasteiger partial charge in [-0.1, -0.05) is 48.1 Å². The summed E-state index contributed by atoms with van der Waals surface area (Å²) in [6, 6.07) is 19.1. The monoisotopic (exact) mass is 445 g/mol. The van der Waals surface area contributed by atoms with Crippen molar-refractivity contribution in [2.75, 3.05) is 21.1 Å². The number of nitrogens with zero attached hydrogens (tertiary/aromatic N) is 4. The third-order valence-corrected chi connectivity index (χ3v) is 5.44. The van der Waals surface area contributed by atoms with Gasteiger partial charge in [-0.05, 0) is 31.2 Å². The van der Waals surface area contributed by atoms with Gasteiger partial charge in [-0.15, -0.1) is 0 Å². The number of fused-ring (bicyclic) bond motifs is 1. The van der Waals surface area contributed by atoms with E-state index in [2.05, 4.69) is 48.5 Å². The first kappa shape index (κ1) is 22.5. The molecule has 0 radical (unpaired) electrons. The van der Waals surface area contributed by atoms with Gasteiger partial charge in [-0.2, -0.15) is 5.10 Å². The zero-order valence-corrected chi connectivity index (χ0v) is 19.3. The third-order valence-electron chi connectivity index (χ3n) is 5.44. The van der Waals surface area contributed by atoms with Crippen LogP contribution in [0.15, 0.2) is 73.4 Å². The lowest BCUT2D eigenvalue weighted by Crippen LogP contribution is -2.33. The summed E-state index contributed by atoms with van der Waals surface area (Å²) < 4.78 is 16.6. The van der Waals surface area contributed by atoms with Crippen molar-refractivity contribution in [2.24, 2.45) is 0 Å². The average molecular weight is 446 g/mol. The molecule has 0 aliphatic rings. The minimum atomic E-state index is -0.335. The second-order valence-electron chi connectivity index (χ2n) is 8.27. The number of aromatic nitrogens is 2. The molecule has 0 aliphatic heterocycles. The van der Waals surface area contributed by atoms with Crippen molar-refractivity contribution in [3.8, 4) is 11.4 Å². The van der Waals surface area contributed by atoms with E-state index in [-0.39, 0.29) is 5.82 Å². The zero-order valence-electron chi connectivity index (χ0n) is 19.3. The highest BCUT2D eigenvalue weighted by atomic mass is 19.1. The number of benzene rings is 3. The van der Waals surface area contributed by atoms with Gasteiger partial charge in [0.15, 0.2) is 5.75 Å². The van der Waals surface area contributed by atoms with Gasteiger partial charge in [0.2, 0.25) is 0 Å². The maximum Gasteiger partial charge on any atom is 0.151 e. The first-order valence-electron chi connectivity index (χ1n) is 10.7. The van der Waals surface area contributed by atoms with Crippen LogP contribution in [0.1, 0.15) is 16.7 Å². The molecule has 0 atom stereocenters.